The van der Waals surface area contributed by atoms with E-state index in [0.717, 1.165) is 12.0 Å². The average Bonchev–Trinajstić information content (AvgIpc) is 2.87. The quantitative estimate of drug-likeness (QED) is 0.780. The monoisotopic (exact) mass is 280 g/mol. The highest BCUT2D eigenvalue weighted by Crippen LogP contribution is 2.10. The Morgan fingerprint density at radius 3 is 2.79 bits per heavy atom. The van der Waals surface area contributed by atoms with Gasteiger partial charge in [0.15, 0.2) is 0 Å². The molecule has 0 atom stereocenters. The van der Waals surface area contributed by atoms with E-state index in [1.807, 2.05) is 24.3 Å². The lowest BCUT2D eigenvalue weighted by atomic mass is 10.1. The minimum Gasteiger partial charge on any atom is -0.460 e. The van der Waals surface area contributed by atoms with Gasteiger partial charge in [-0.2, -0.15) is 4.80 Å². The Kier molecular flexibility index (Phi) is 4.46. The number of nitrogens with zero attached hydrogens (tertiary/aromatic N) is 4. The second-order valence-corrected chi connectivity index (χ2v) is 4.24. The lowest BCUT2D eigenvalue weighted by Gasteiger charge is -2.00. The zero-order valence-electron chi connectivity index (χ0n) is 10.4. The molecule has 0 spiro atoms. The number of rotatable bonds is 5. The van der Waals surface area contributed by atoms with Crippen molar-refractivity contribution in [3.8, 4) is 0 Å². The van der Waals surface area contributed by atoms with Crippen LogP contribution in [0.15, 0.2) is 24.3 Å². The zero-order chi connectivity index (χ0) is 13.7. The fourth-order valence-corrected chi connectivity index (χ4v) is 1.62. The van der Waals surface area contributed by atoms with E-state index in [1.165, 1.54) is 4.80 Å². The molecule has 0 N–H and O–H groups in total. The minimum atomic E-state index is -0.555. The Hall–Kier alpha value is -1.95. The molecular formula is C12H13ClN4O2. The summed E-state index contributed by atoms with van der Waals surface area (Å²) in [6.07, 6.45) is 0.732. The number of tetrazole rings is 1. The number of esters is 1. The first kappa shape index (κ1) is 13.5. The predicted octanol–water partition coefficient (Wildman–Crippen LogP) is 1.75. The molecule has 7 heteroatoms. The van der Waals surface area contributed by atoms with Gasteiger partial charge in [0.05, 0.1) is 13.2 Å². The minimum absolute atomic E-state index is 0.0158. The van der Waals surface area contributed by atoms with Gasteiger partial charge in [0.1, 0.15) is 0 Å². The SMILES string of the molecule is CCOC(=O)c1nnn(CCc2ccc(Cl)cc2)n1. The Morgan fingerprint density at radius 1 is 1.37 bits per heavy atom. The highest BCUT2D eigenvalue weighted by Gasteiger charge is 2.13. The van der Waals surface area contributed by atoms with E-state index in [4.69, 9.17) is 16.3 Å². The van der Waals surface area contributed by atoms with Gasteiger partial charge in [0.2, 0.25) is 0 Å². The summed E-state index contributed by atoms with van der Waals surface area (Å²) in [5.41, 5.74) is 1.11. The Labute approximate surface area is 115 Å². The van der Waals surface area contributed by atoms with Gasteiger partial charge in [-0.3, -0.25) is 0 Å². The van der Waals surface area contributed by atoms with Crippen LogP contribution in [0.4, 0.5) is 0 Å². The summed E-state index contributed by atoms with van der Waals surface area (Å²) in [7, 11) is 0. The highest BCUT2D eigenvalue weighted by molar-refractivity contribution is 6.30. The number of hydrogen-bond donors (Lipinski definition) is 0. The fourth-order valence-electron chi connectivity index (χ4n) is 1.50. The molecule has 0 saturated heterocycles. The normalized spacial score (nSPS) is 10.4. The van der Waals surface area contributed by atoms with E-state index in [9.17, 15) is 4.79 Å². The number of aryl methyl sites for hydroxylation is 2. The molecule has 100 valence electrons. The predicted molar refractivity (Wildman–Crippen MR) is 68.9 cm³/mol. The molecule has 0 amide bonds. The van der Waals surface area contributed by atoms with Gasteiger partial charge in [-0.1, -0.05) is 23.7 Å². The second kappa shape index (κ2) is 6.29. The highest BCUT2D eigenvalue weighted by atomic mass is 35.5. The van der Waals surface area contributed by atoms with Crippen LogP contribution in [-0.2, 0) is 17.7 Å². The van der Waals surface area contributed by atoms with Gasteiger partial charge in [-0.05, 0) is 36.3 Å². The summed E-state index contributed by atoms with van der Waals surface area (Å²) in [6, 6.07) is 7.53. The molecule has 0 fully saturated rings. The Morgan fingerprint density at radius 2 is 2.11 bits per heavy atom. The van der Waals surface area contributed by atoms with Gasteiger partial charge >= 0.3 is 5.97 Å². The van der Waals surface area contributed by atoms with Crippen molar-refractivity contribution < 1.29 is 9.53 Å². The summed E-state index contributed by atoms with van der Waals surface area (Å²) < 4.78 is 4.79. The lowest BCUT2D eigenvalue weighted by Crippen LogP contribution is -2.09. The molecule has 2 aromatic rings. The summed E-state index contributed by atoms with van der Waals surface area (Å²) >= 11 is 5.81. The standard InChI is InChI=1S/C12H13ClN4O2/c1-2-19-12(18)11-14-16-17(15-11)8-7-9-3-5-10(13)6-4-9/h3-6H,2,7-8H2,1H3. The molecule has 0 aliphatic carbocycles. The van der Waals surface area contributed by atoms with Gasteiger partial charge in [-0.25, -0.2) is 4.79 Å². The van der Waals surface area contributed by atoms with Crippen LogP contribution < -0.4 is 0 Å². The van der Waals surface area contributed by atoms with Crippen LogP contribution in [-0.4, -0.2) is 32.8 Å². The van der Waals surface area contributed by atoms with Crippen molar-refractivity contribution in [2.45, 2.75) is 19.9 Å². The van der Waals surface area contributed by atoms with Gasteiger partial charge < -0.3 is 4.74 Å². The topological polar surface area (TPSA) is 69.9 Å². The summed E-state index contributed by atoms with van der Waals surface area (Å²) in [5, 5.41) is 12.1. The van der Waals surface area contributed by atoms with Crippen LogP contribution in [0.2, 0.25) is 5.02 Å². The first-order valence-corrected chi connectivity index (χ1v) is 6.26. The van der Waals surface area contributed by atoms with Crippen molar-refractivity contribution in [1.82, 2.24) is 20.2 Å². The number of carbonyl (C=O) groups is 1. The third-order valence-electron chi connectivity index (χ3n) is 2.42. The summed E-state index contributed by atoms with van der Waals surface area (Å²) in [5.74, 6) is -0.571. The molecule has 1 aromatic carbocycles. The van der Waals surface area contributed by atoms with Crippen molar-refractivity contribution >= 4 is 17.6 Å². The van der Waals surface area contributed by atoms with E-state index >= 15 is 0 Å². The van der Waals surface area contributed by atoms with Crippen molar-refractivity contribution in [2.24, 2.45) is 0 Å². The zero-order valence-corrected chi connectivity index (χ0v) is 11.2. The van der Waals surface area contributed by atoms with Crippen molar-refractivity contribution in [3.05, 3.63) is 40.7 Å². The Balaban J connectivity index is 1.93. The maximum absolute atomic E-state index is 11.4. The van der Waals surface area contributed by atoms with Gasteiger partial charge in [0, 0.05) is 5.02 Å². The van der Waals surface area contributed by atoms with Crippen LogP contribution in [0, 0.1) is 0 Å². The van der Waals surface area contributed by atoms with E-state index in [0.29, 0.717) is 11.6 Å². The van der Waals surface area contributed by atoms with E-state index in [2.05, 4.69) is 15.4 Å². The van der Waals surface area contributed by atoms with Crippen molar-refractivity contribution in [3.63, 3.8) is 0 Å². The fraction of sp³-hybridized carbons (Fsp3) is 0.333. The smallest absolute Gasteiger partial charge is 0.380 e. The largest absolute Gasteiger partial charge is 0.460 e. The molecule has 6 nitrogen and oxygen atoms in total. The second-order valence-electron chi connectivity index (χ2n) is 3.81. The van der Waals surface area contributed by atoms with Crippen molar-refractivity contribution in [1.29, 1.82) is 0 Å². The van der Waals surface area contributed by atoms with Crippen LogP contribution >= 0.6 is 11.6 Å². The molecule has 0 aliphatic rings. The molecular weight excluding hydrogens is 268 g/mol. The molecule has 0 unspecified atom stereocenters. The van der Waals surface area contributed by atoms with Crippen LogP contribution in [0.5, 0.6) is 0 Å². The molecule has 0 saturated carbocycles. The first-order chi connectivity index (χ1) is 9.19. The molecule has 2 rings (SSSR count). The summed E-state index contributed by atoms with van der Waals surface area (Å²) in [6.45, 7) is 2.55. The third kappa shape index (κ3) is 3.75. The first-order valence-electron chi connectivity index (χ1n) is 5.88. The van der Waals surface area contributed by atoms with Crippen LogP contribution in [0.25, 0.3) is 0 Å². The number of hydrogen-bond acceptors (Lipinski definition) is 5. The third-order valence-corrected chi connectivity index (χ3v) is 2.68. The average molecular weight is 281 g/mol. The van der Waals surface area contributed by atoms with Gasteiger partial charge in [-0.15, -0.1) is 10.2 Å². The molecule has 1 aromatic heterocycles. The molecule has 1 heterocycles. The molecule has 0 bridgehead atoms. The number of carbonyl (C=O) groups excluding carboxylic acids is 1. The number of ether oxygens (including phenoxy) is 1. The van der Waals surface area contributed by atoms with Crippen LogP contribution in [0.3, 0.4) is 0 Å². The maximum Gasteiger partial charge on any atom is 0.380 e. The molecule has 0 aliphatic heterocycles. The van der Waals surface area contributed by atoms with E-state index < -0.39 is 5.97 Å². The lowest BCUT2D eigenvalue weighted by molar-refractivity contribution is 0.0511. The number of aromatic nitrogens is 4. The molecule has 19 heavy (non-hydrogen) atoms. The van der Waals surface area contributed by atoms with Gasteiger partial charge in [0.25, 0.3) is 5.82 Å². The number of benzene rings is 1. The Bertz CT molecular complexity index is 553. The van der Waals surface area contributed by atoms with Crippen LogP contribution in [0.1, 0.15) is 23.1 Å². The summed E-state index contributed by atoms with van der Waals surface area (Å²) in [4.78, 5) is 12.7. The maximum atomic E-state index is 11.4. The molecule has 0 radical (unpaired) electrons. The number of halogens is 1. The van der Waals surface area contributed by atoms with Crippen molar-refractivity contribution in [2.75, 3.05) is 6.61 Å². The van der Waals surface area contributed by atoms with E-state index in [-0.39, 0.29) is 12.4 Å². The van der Waals surface area contributed by atoms with E-state index in [1.54, 1.807) is 6.92 Å².